The molecular formula is C9H17NO4. The minimum Gasteiger partial charge on any atom is -0.447 e. The van der Waals surface area contributed by atoms with Gasteiger partial charge in [-0.1, -0.05) is 0 Å². The Bertz CT molecular complexity index is 168. The highest BCUT2D eigenvalue weighted by atomic mass is 16.6. The van der Waals surface area contributed by atoms with E-state index in [0.29, 0.717) is 19.1 Å². The Kier molecular flexibility index (Phi) is 5.32. The van der Waals surface area contributed by atoms with Crippen molar-refractivity contribution in [1.29, 1.82) is 0 Å². The summed E-state index contributed by atoms with van der Waals surface area (Å²) in [6, 6.07) is 0. The molecule has 0 bridgehead atoms. The van der Waals surface area contributed by atoms with Gasteiger partial charge in [-0.2, -0.15) is 0 Å². The molecule has 1 saturated heterocycles. The van der Waals surface area contributed by atoms with Crippen LogP contribution in [0.1, 0.15) is 12.8 Å². The number of ether oxygens (including phenoxy) is 2. The molecule has 0 aromatic rings. The smallest absolute Gasteiger partial charge is 0.407 e. The second kappa shape index (κ2) is 6.62. The van der Waals surface area contributed by atoms with Crippen LogP contribution in [0.3, 0.4) is 0 Å². The molecule has 1 fully saturated rings. The molecule has 1 atom stereocenters. The normalized spacial score (nSPS) is 21.6. The van der Waals surface area contributed by atoms with Crippen molar-refractivity contribution >= 4 is 6.09 Å². The lowest BCUT2D eigenvalue weighted by Gasteiger charge is -2.21. The van der Waals surface area contributed by atoms with E-state index in [9.17, 15) is 4.79 Å². The molecule has 82 valence electrons. The van der Waals surface area contributed by atoms with Crippen LogP contribution in [0, 0.1) is 5.92 Å². The van der Waals surface area contributed by atoms with Gasteiger partial charge in [-0.05, 0) is 18.8 Å². The zero-order valence-electron chi connectivity index (χ0n) is 8.20. The molecule has 1 unspecified atom stereocenters. The average Bonchev–Trinajstić information content (AvgIpc) is 2.25. The Labute approximate surface area is 83.4 Å². The monoisotopic (exact) mass is 203 g/mol. The summed E-state index contributed by atoms with van der Waals surface area (Å²) in [5.74, 6) is 0.394. The van der Waals surface area contributed by atoms with Crippen LogP contribution in [0.2, 0.25) is 0 Å². The first kappa shape index (κ1) is 11.3. The maximum absolute atomic E-state index is 11.0. The molecule has 1 heterocycles. The molecule has 5 heteroatoms. The summed E-state index contributed by atoms with van der Waals surface area (Å²) in [6.07, 6.45) is 1.67. The molecule has 1 aliphatic heterocycles. The van der Waals surface area contributed by atoms with Gasteiger partial charge in [0, 0.05) is 13.2 Å². The Hall–Kier alpha value is -0.810. The highest BCUT2D eigenvalue weighted by molar-refractivity contribution is 5.67. The van der Waals surface area contributed by atoms with Gasteiger partial charge < -0.3 is 19.9 Å². The van der Waals surface area contributed by atoms with E-state index in [1.54, 1.807) is 0 Å². The third-order valence-corrected chi connectivity index (χ3v) is 2.11. The minimum absolute atomic E-state index is 0.0486. The van der Waals surface area contributed by atoms with Crippen molar-refractivity contribution in [2.24, 2.45) is 5.92 Å². The largest absolute Gasteiger partial charge is 0.447 e. The average molecular weight is 203 g/mol. The van der Waals surface area contributed by atoms with Gasteiger partial charge in [-0.25, -0.2) is 4.79 Å². The summed E-state index contributed by atoms with van der Waals surface area (Å²) in [5.41, 5.74) is 0. The fourth-order valence-corrected chi connectivity index (χ4v) is 1.39. The zero-order valence-corrected chi connectivity index (χ0v) is 8.20. The molecule has 2 N–H and O–H groups in total. The Balaban J connectivity index is 2.03. The Morgan fingerprint density at radius 3 is 3.14 bits per heavy atom. The summed E-state index contributed by atoms with van der Waals surface area (Å²) >= 11 is 0. The predicted molar refractivity (Wildman–Crippen MR) is 50.0 cm³/mol. The Morgan fingerprint density at radius 2 is 2.50 bits per heavy atom. The standard InChI is InChI=1S/C9H17NO4/c11-3-5-14-9(12)10-6-8-2-1-4-13-7-8/h8,11H,1-7H2,(H,10,12). The SMILES string of the molecule is O=C(NCC1CCCOC1)OCCO. The van der Waals surface area contributed by atoms with Crippen LogP contribution in [0.4, 0.5) is 4.79 Å². The first-order valence-corrected chi connectivity index (χ1v) is 4.92. The molecule has 1 aliphatic rings. The maximum Gasteiger partial charge on any atom is 0.407 e. The number of rotatable bonds is 4. The summed E-state index contributed by atoms with van der Waals surface area (Å²) < 4.78 is 9.90. The molecular weight excluding hydrogens is 186 g/mol. The van der Waals surface area contributed by atoms with Gasteiger partial charge in [0.1, 0.15) is 6.61 Å². The number of nitrogens with one attached hydrogen (secondary N) is 1. The Morgan fingerprint density at radius 1 is 1.64 bits per heavy atom. The quantitative estimate of drug-likeness (QED) is 0.681. The number of aliphatic hydroxyl groups excluding tert-OH is 1. The fourth-order valence-electron chi connectivity index (χ4n) is 1.39. The van der Waals surface area contributed by atoms with Gasteiger partial charge in [0.15, 0.2) is 0 Å². The van der Waals surface area contributed by atoms with Gasteiger partial charge in [0.05, 0.1) is 13.2 Å². The molecule has 0 spiro atoms. The van der Waals surface area contributed by atoms with Crippen LogP contribution in [0.5, 0.6) is 0 Å². The number of hydrogen-bond acceptors (Lipinski definition) is 4. The van der Waals surface area contributed by atoms with E-state index in [-0.39, 0.29) is 13.2 Å². The van der Waals surface area contributed by atoms with E-state index in [2.05, 4.69) is 10.1 Å². The van der Waals surface area contributed by atoms with E-state index in [4.69, 9.17) is 9.84 Å². The molecule has 0 aromatic carbocycles. The molecule has 0 radical (unpaired) electrons. The number of amides is 1. The topological polar surface area (TPSA) is 67.8 Å². The highest BCUT2D eigenvalue weighted by Gasteiger charge is 2.14. The van der Waals surface area contributed by atoms with Crippen molar-refractivity contribution in [1.82, 2.24) is 5.32 Å². The third kappa shape index (κ3) is 4.43. The zero-order chi connectivity index (χ0) is 10.2. The molecule has 14 heavy (non-hydrogen) atoms. The number of carbonyl (C=O) groups is 1. The van der Waals surface area contributed by atoms with E-state index >= 15 is 0 Å². The summed E-state index contributed by atoms with van der Waals surface area (Å²) in [4.78, 5) is 11.0. The maximum atomic E-state index is 11.0. The van der Waals surface area contributed by atoms with Crippen LogP contribution in [-0.2, 0) is 9.47 Å². The van der Waals surface area contributed by atoms with Crippen molar-refractivity contribution in [2.45, 2.75) is 12.8 Å². The van der Waals surface area contributed by atoms with Gasteiger partial charge in [0.25, 0.3) is 0 Å². The lowest BCUT2D eigenvalue weighted by atomic mass is 10.0. The number of aliphatic hydroxyl groups is 1. The molecule has 0 saturated carbocycles. The number of hydrogen-bond donors (Lipinski definition) is 2. The first-order valence-electron chi connectivity index (χ1n) is 4.92. The minimum atomic E-state index is -0.468. The van der Waals surface area contributed by atoms with Gasteiger partial charge >= 0.3 is 6.09 Å². The van der Waals surface area contributed by atoms with Crippen LogP contribution >= 0.6 is 0 Å². The molecule has 1 rings (SSSR count). The van der Waals surface area contributed by atoms with Crippen molar-refractivity contribution < 1.29 is 19.4 Å². The lowest BCUT2D eigenvalue weighted by Crippen LogP contribution is -2.33. The highest BCUT2D eigenvalue weighted by Crippen LogP contribution is 2.11. The van der Waals surface area contributed by atoms with Gasteiger partial charge in [-0.3, -0.25) is 0 Å². The van der Waals surface area contributed by atoms with E-state index < -0.39 is 6.09 Å². The van der Waals surface area contributed by atoms with E-state index in [1.807, 2.05) is 0 Å². The number of carbonyl (C=O) groups excluding carboxylic acids is 1. The van der Waals surface area contributed by atoms with E-state index in [1.165, 1.54) is 0 Å². The third-order valence-electron chi connectivity index (χ3n) is 2.11. The molecule has 5 nitrogen and oxygen atoms in total. The van der Waals surface area contributed by atoms with Crippen LogP contribution in [-0.4, -0.2) is 44.2 Å². The lowest BCUT2D eigenvalue weighted by molar-refractivity contribution is 0.0533. The van der Waals surface area contributed by atoms with Crippen LogP contribution in [0.15, 0.2) is 0 Å². The second-order valence-electron chi connectivity index (χ2n) is 3.32. The summed E-state index contributed by atoms with van der Waals surface area (Å²) in [6.45, 7) is 2.03. The predicted octanol–water partition coefficient (Wildman–Crippen LogP) is 0.131. The van der Waals surface area contributed by atoms with E-state index in [0.717, 1.165) is 19.4 Å². The van der Waals surface area contributed by atoms with Crippen molar-refractivity contribution in [3.63, 3.8) is 0 Å². The van der Waals surface area contributed by atoms with Crippen molar-refractivity contribution in [3.05, 3.63) is 0 Å². The molecule has 0 aromatic heterocycles. The van der Waals surface area contributed by atoms with Crippen molar-refractivity contribution in [2.75, 3.05) is 33.0 Å². The number of alkyl carbamates (subject to hydrolysis) is 1. The second-order valence-corrected chi connectivity index (χ2v) is 3.32. The summed E-state index contributed by atoms with van der Waals surface area (Å²) in [7, 11) is 0. The molecule has 1 amide bonds. The first-order chi connectivity index (χ1) is 6.83. The molecule has 0 aliphatic carbocycles. The fraction of sp³-hybridized carbons (Fsp3) is 0.889. The van der Waals surface area contributed by atoms with Crippen molar-refractivity contribution in [3.8, 4) is 0 Å². The van der Waals surface area contributed by atoms with Gasteiger partial charge in [0.2, 0.25) is 0 Å². The summed E-state index contributed by atoms with van der Waals surface area (Å²) in [5, 5.41) is 11.0. The van der Waals surface area contributed by atoms with Crippen LogP contribution < -0.4 is 5.32 Å². The van der Waals surface area contributed by atoms with Crippen LogP contribution in [0.25, 0.3) is 0 Å². The van der Waals surface area contributed by atoms with Gasteiger partial charge in [-0.15, -0.1) is 0 Å².